The summed E-state index contributed by atoms with van der Waals surface area (Å²) in [5.41, 5.74) is 0. The van der Waals surface area contributed by atoms with E-state index in [9.17, 15) is 4.79 Å². The highest BCUT2D eigenvalue weighted by Gasteiger charge is 2.22. The van der Waals surface area contributed by atoms with Gasteiger partial charge in [-0.05, 0) is 32.3 Å². The fraction of sp³-hybridized carbons (Fsp3) is 0.727. The molecule has 1 aromatic heterocycles. The van der Waals surface area contributed by atoms with Crippen molar-refractivity contribution < 1.29 is 4.79 Å². The lowest BCUT2D eigenvalue weighted by molar-refractivity contribution is -0.131. The Morgan fingerprint density at radius 3 is 2.47 bits per heavy atom. The number of aliphatic imine (C=N–C) groups is 1. The van der Waals surface area contributed by atoms with Crippen LogP contribution in [0.3, 0.4) is 0 Å². The summed E-state index contributed by atoms with van der Waals surface area (Å²) in [6.07, 6.45) is 7.51. The molecule has 1 aromatic rings. The van der Waals surface area contributed by atoms with Crippen LogP contribution in [0.1, 0.15) is 53.4 Å². The molecule has 2 heterocycles. The highest BCUT2D eigenvalue weighted by Crippen LogP contribution is 2.11. The van der Waals surface area contributed by atoms with Crippen LogP contribution >= 0.6 is 0 Å². The van der Waals surface area contributed by atoms with E-state index in [1.165, 1.54) is 12.8 Å². The standard InChI is InChI=1S/C22H39N7O/c1-5-23-21(27-19(4)9-6-8-18(2)3)24-13-10-20(30)28-14-16-29(17-15-28)22-25-11-7-12-26-22/h7,11-12,18-19H,5-6,8-10,13-17H2,1-4H3,(H2,23,24,27). The molecule has 0 spiro atoms. The van der Waals surface area contributed by atoms with Crippen LogP contribution in [0.2, 0.25) is 0 Å². The van der Waals surface area contributed by atoms with Gasteiger partial charge < -0.3 is 20.4 Å². The third kappa shape index (κ3) is 8.55. The first kappa shape index (κ1) is 23.9. The lowest BCUT2D eigenvalue weighted by atomic mass is 10.0. The van der Waals surface area contributed by atoms with Crippen molar-refractivity contribution >= 4 is 17.8 Å². The smallest absolute Gasteiger partial charge is 0.225 e. The zero-order valence-corrected chi connectivity index (χ0v) is 19.1. The Bertz CT molecular complexity index is 642. The van der Waals surface area contributed by atoms with Gasteiger partial charge in [0.05, 0.1) is 6.54 Å². The van der Waals surface area contributed by atoms with E-state index in [0.29, 0.717) is 32.1 Å². The summed E-state index contributed by atoms with van der Waals surface area (Å²) < 4.78 is 0. The minimum absolute atomic E-state index is 0.160. The number of carbonyl (C=O) groups excluding carboxylic acids is 1. The first-order valence-corrected chi connectivity index (χ1v) is 11.3. The van der Waals surface area contributed by atoms with Crippen molar-refractivity contribution in [3.63, 3.8) is 0 Å². The second kappa shape index (κ2) is 13.0. The maximum Gasteiger partial charge on any atom is 0.225 e. The Labute approximate surface area is 181 Å². The van der Waals surface area contributed by atoms with Crippen molar-refractivity contribution in [2.24, 2.45) is 10.9 Å². The van der Waals surface area contributed by atoms with Gasteiger partial charge in [-0.1, -0.05) is 26.7 Å². The van der Waals surface area contributed by atoms with Gasteiger partial charge in [0.2, 0.25) is 11.9 Å². The topological polar surface area (TPSA) is 85.8 Å². The van der Waals surface area contributed by atoms with Crippen LogP contribution in [0, 0.1) is 5.92 Å². The van der Waals surface area contributed by atoms with Gasteiger partial charge in [-0.15, -0.1) is 0 Å². The maximum atomic E-state index is 12.6. The van der Waals surface area contributed by atoms with Crippen molar-refractivity contribution in [1.82, 2.24) is 25.5 Å². The zero-order chi connectivity index (χ0) is 21.8. The average molecular weight is 418 g/mol. The molecule has 1 aliphatic rings. The quantitative estimate of drug-likeness (QED) is 0.449. The number of aromatic nitrogens is 2. The molecule has 1 atom stereocenters. The Morgan fingerprint density at radius 2 is 1.83 bits per heavy atom. The maximum absolute atomic E-state index is 12.6. The lowest BCUT2D eigenvalue weighted by Gasteiger charge is -2.34. The van der Waals surface area contributed by atoms with Gasteiger partial charge in [-0.25, -0.2) is 9.97 Å². The fourth-order valence-electron chi connectivity index (χ4n) is 3.49. The fourth-order valence-corrected chi connectivity index (χ4v) is 3.49. The molecule has 30 heavy (non-hydrogen) atoms. The van der Waals surface area contributed by atoms with Gasteiger partial charge >= 0.3 is 0 Å². The summed E-state index contributed by atoms with van der Waals surface area (Å²) in [7, 11) is 0. The monoisotopic (exact) mass is 417 g/mol. The number of hydrogen-bond donors (Lipinski definition) is 2. The summed E-state index contributed by atoms with van der Waals surface area (Å²) in [6, 6.07) is 2.18. The van der Waals surface area contributed by atoms with Gasteiger partial charge in [0.1, 0.15) is 0 Å². The van der Waals surface area contributed by atoms with Gasteiger partial charge in [0.25, 0.3) is 0 Å². The molecular formula is C22H39N7O. The number of carbonyl (C=O) groups is 1. The van der Waals surface area contributed by atoms with E-state index >= 15 is 0 Å². The minimum atomic E-state index is 0.160. The normalized spacial score (nSPS) is 16.0. The Balaban J connectivity index is 1.73. The number of anilines is 1. The van der Waals surface area contributed by atoms with Gasteiger partial charge in [-0.2, -0.15) is 0 Å². The van der Waals surface area contributed by atoms with E-state index in [-0.39, 0.29) is 5.91 Å². The molecule has 8 nitrogen and oxygen atoms in total. The van der Waals surface area contributed by atoms with Crippen LogP contribution in [0.25, 0.3) is 0 Å². The molecule has 2 rings (SSSR count). The molecule has 0 radical (unpaired) electrons. The van der Waals surface area contributed by atoms with Gasteiger partial charge in [0.15, 0.2) is 5.96 Å². The number of guanidine groups is 1. The van der Waals surface area contributed by atoms with Crippen molar-refractivity contribution in [2.75, 3.05) is 44.2 Å². The van der Waals surface area contributed by atoms with Crippen LogP contribution < -0.4 is 15.5 Å². The number of piperazine rings is 1. The van der Waals surface area contributed by atoms with E-state index < -0.39 is 0 Å². The molecule has 2 N–H and O–H groups in total. The summed E-state index contributed by atoms with van der Waals surface area (Å²) >= 11 is 0. The predicted molar refractivity (Wildman–Crippen MR) is 123 cm³/mol. The Morgan fingerprint density at radius 1 is 1.13 bits per heavy atom. The van der Waals surface area contributed by atoms with E-state index in [1.54, 1.807) is 12.4 Å². The number of nitrogens with one attached hydrogen (secondary N) is 2. The van der Waals surface area contributed by atoms with Crippen LogP contribution in [0.15, 0.2) is 23.5 Å². The summed E-state index contributed by atoms with van der Waals surface area (Å²) in [5, 5.41) is 6.75. The minimum Gasteiger partial charge on any atom is -0.357 e. The molecule has 1 amide bonds. The highest BCUT2D eigenvalue weighted by atomic mass is 16.2. The molecule has 8 heteroatoms. The Hall–Kier alpha value is -2.38. The molecular weight excluding hydrogens is 378 g/mol. The summed E-state index contributed by atoms with van der Waals surface area (Å²) in [4.78, 5) is 29.8. The molecule has 1 saturated heterocycles. The van der Waals surface area contributed by atoms with Crippen molar-refractivity contribution in [3.05, 3.63) is 18.5 Å². The molecule has 0 aliphatic carbocycles. The number of amides is 1. The third-order valence-corrected chi connectivity index (χ3v) is 5.21. The Kier molecular flexibility index (Phi) is 10.4. The molecule has 1 aliphatic heterocycles. The van der Waals surface area contributed by atoms with Crippen molar-refractivity contribution in [2.45, 2.75) is 59.4 Å². The summed E-state index contributed by atoms with van der Waals surface area (Å²) in [5.74, 6) is 2.44. The molecule has 1 unspecified atom stereocenters. The van der Waals surface area contributed by atoms with Crippen molar-refractivity contribution in [3.8, 4) is 0 Å². The largest absolute Gasteiger partial charge is 0.357 e. The molecule has 0 bridgehead atoms. The van der Waals surface area contributed by atoms with E-state index in [2.05, 4.69) is 58.2 Å². The van der Waals surface area contributed by atoms with E-state index in [0.717, 1.165) is 43.9 Å². The van der Waals surface area contributed by atoms with Crippen LogP contribution in [0.5, 0.6) is 0 Å². The second-order valence-corrected chi connectivity index (χ2v) is 8.30. The third-order valence-electron chi connectivity index (χ3n) is 5.21. The van der Waals surface area contributed by atoms with E-state index in [1.807, 2.05) is 11.0 Å². The van der Waals surface area contributed by atoms with Gasteiger partial charge in [-0.3, -0.25) is 9.79 Å². The first-order chi connectivity index (χ1) is 14.5. The average Bonchev–Trinajstić information content (AvgIpc) is 2.74. The number of rotatable bonds is 10. The van der Waals surface area contributed by atoms with Crippen LogP contribution in [0.4, 0.5) is 5.95 Å². The molecule has 1 fully saturated rings. The number of hydrogen-bond acceptors (Lipinski definition) is 5. The molecule has 0 aromatic carbocycles. The SMILES string of the molecule is CCNC(=NCCC(=O)N1CCN(c2ncccn2)CC1)NC(C)CCCC(C)C. The van der Waals surface area contributed by atoms with Crippen molar-refractivity contribution in [1.29, 1.82) is 0 Å². The second-order valence-electron chi connectivity index (χ2n) is 8.30. The van der Waals surface area contributed by atoms with Crippen LogP contribution in [-0.2, 0) is 4.79 Å². The van der Waals surface area contributed by atoms with Gasteiger partial charge in [0, 0.05) is 57.6 Å². The number of nitrogens with zero attached hydrogens (tertiary/aromatic N) is 5. The molecule has 168 valence electrons. The predicted octanol–water partition coefficient (Wildman–Crippen LogP) is 2.29. The van der Waals surface area contributed by atoms with Crippen LogP contribution in [-0.4, -0.2) is 72.0 Å². The molecule has 0 saturated carbocycles. The zero-order valence-electron chi connectivity index (χ0n) is 19.1. The summed E-state index contributed by atoms with van der Waals surface area (Å²) in [6.45, 7) is 13.0. The lowest BCUT2D eigenvalue weighted by Crippen LogP contribution is -2.49. The first-order valence-electron chi connectivity index (χ1n) is 11.3. The highest BCUT2D eigenvalue weighted by molar-refractivity contribution is 5.81. The van der Waals surface area contributed by atoms with E-state index in [4.69, 9.17) is 0 Å².